The fourth-order valence-corrected chi connectivity index (χ4v) is 2.44. The predicted octanol–water partition coefficient (Wildman–Crippen LogP) is 3.32. The average Bonchev–Trinajstić information content (AvgIpc) is 2.40. The second-order valence-electron chi connectivity index (χ2n) is 5.13. The van der Waals surface area contributed by atoms with Crippen LogP contribution in [0.1, 0.15) is 17.0 Å². The smallest absolute Gasteiger partial charge is 0.0775 e. The van der Waals surface area contributed by atoms with Gasteiger partial charge in [-0.3, -0.25) is 0 Å². The third-order valence-electron chi connectivity index (χ3n) is 3.25. The summed E-state index contributed by atoms with van der Waals surface area (Å²) in [6.07, 6.45) is -0.417. The first-order chi connectivity index (χ1) is 9.18. The van der Waals surface area contributed by atoms with Gasteiger partial charge >= 0.3 is 0 Å². The molecule has 0 aliphatic rings. The van der Waals surface area contributed by atoms with Crippen molar-refractivity contribution >= 4 is 17.0 Å². The van der Waals surface area contributed by atoms with Gasteiger partial charge in [0.15, 0.2) is 0 Å². The zero-order chi connectivity index (χ0) is 13.7. The van der Waals surface area contributed by atoms with Crippen LogP contribution >= 0.6 is 17.0 Å². The Hall–Kier alpha value is -1.16. The van der Waals surface area contributed by atoms with Gasteiger partial charge in [0.05, 0.1) is 6.10 Å². The summed E-state index contributed by atoms with van der Waals surface area (Å²) in [4.78, 5) is 2.02. The molecule has 20 heavy (non-hydrogen) atoms. The lowest BCUT2D eigenvalue weighted by atomic mass is 9.86. The Bertz CT molecular complexity index is 447. The van der Waals surface area contributed by atoms with E-state index in [1.165, 1.54) is 0 Å². The zero-order valence-electron chi connectivity index (χ0n) is 11.9. The Morgan fingerprint density at radius 2 is 1.25 bits per heavy atom. The molecule has 0 amide bonds. The van der Waals surface area contributed by atoms with Crippen molar-refractivity contribution in [2.75, 3.05) is 20.6 Å². The van der Waals surface area contributed by atoms with Gasteiger partial charge in [-0.15, -0.1) is 17.0 Å². The minimum absolute atomic E-state index is 0. The molecule has 2 nitrogen and oxygen atoms in total. The van der Waals surface area contributed by atoms with E-state index >= 15 is 0 Å². The van der Waals surface area contributed by atoms with Crippen molar-refractivity contribution < 1.29 is 5.11 Å². The predicted molar refractivity (Wildman–Crippen MR) is 89.6 cm³/mol. The van der Waals surface area contributed by atoms with Gasteiger partial charge < -0.3 is 10.0 Å². The monoisotopic (exact) mass is 335 g/mol. The maximum absolute atomic E-state index is 10.5. The standard InChI is InChI=1S/C17H21NO.BrH/c1-18(2)13-16(19)17(14-9-5-3-6-10-14)15-11-7-4-8-12-15;/h3-12,16-17,19H,13H2,1-2H3;1H. The molecule has 2 rings (SSSR count). The maximum atomic E-state index is 10.5. The highest BCUT2D eigenvalue weighted by molar-refractivity contribution is 8.93. The molecule has 1 unspecified atom stereocenters. The first-order valence-electron chi connectivity index (χ1n) is 6.61. The van der Waals surface area contributed by atoms with Crippen LogP contribution in [0.5, 0.6) is 0 Å². The van der Waals surface area contributed by atoms with Crippen LogP contribution in [-0.2, 0) is 0 Å². The van der Waals surface area contributed by atoms with Gasteiger partial charge in [0.25, 0.3) is 0 Å². The van der Waals surface area contributed by atoms with Crippen molar-refractivity contribution in [2.45, 2.75) is 12.0 Å². The van der Waals surface area contributed by atoms with Crippen LogP contribution < -0.4 is 0 Å². The average molecular weight is 336 g/mol. The van der Waals surface area contributed by atoms with E-state index in [4.69, 9.17) is 0 Å². The Labute approximate surface area is 131 Å². The number of rotatable bonds is 5. The van der Waals surface area contributed by atoms with Crippen molar-refractivity contribution in [1.82, 2.24) is 4.90 Å². The van der Waals surface area contributed by atoms with E-state index in [2.05, 4.69) is 24.3 Å². The largest absolute Gasteiger partial charge is 0.391 e. The third kappa shape index (κ3) is 4.44. The summed E-state index contributed by atoms with van der Waals surface area (Å²) in [6, 6.07) is 20.4. The Morgan fingerprint density at radius 3 is 1.60 bits per heavy atom. The van der Waals surface area contributed by atoms with Crippen LogP contribution in [0.15, 0.2) is 60.7 Å². The first kappa shape index (κ1) is 16.9. The van der Waals surface area contributed by atoms with Crippen LogP contribution in [0.25, 0.3) is 0 Å². The fourth-order valence-electron chi connectivity index (χ4n) is 2.44. The van der Waals surface area contributed by atoms with E-state index < -0.39 is 6.10 Å². The molecule has 0 radical (unpaired) electrons. The Balaban J connectivity index is 0.00000200. The van der Waals surface area contributed by atoms with E-state index in [1.54, 1.807) is 0 Å². The number of aliphatic hydroxyl groups excluding tert-OH is 1. The molecule has 0 aliphatic carbocycles. The molecule has 0 spiro atoms. The quantitative estimate of drug-likeness (QED) is 0.905. The van der Waals surface area contributed by atoms with Crippen molar-refractivity contribution in [3.8, 4) is 0 Å². The van der Waals surface area contributed by atoms with Crippen molar-refractivity contribution in [2.24, 2.45) is 0 Å². The summed E-state index contributed by atoms with van der Waals surface area (Å²) in [7, 11) is 3.96. The number of hydrogen-bond donors (Lipinski definition) is 1. The molecule has 3 heteroatoms. The molecule has 2 aromatic carbocycles. The fraction of sp³-hybridized carbons (Fsp3) is 0.294. The van der Waals surface area contributed by atoms with Gasteiger partial charge in [-0.2, -0.15) is 0 Å². The van der Waals surface area contributed by atoms with Crippen molar-refractivity contribution in [1.29, 1.82) is 0 Å². The molecule has 0 aromatic heterocycles. The zero-order valence-corrected chi connectivity index (χ0v) is 13.7. The summed E-state index contributed by atoms with van der Waals surface area (Å²) in [5.41, 5.74) is 2.31. The normalized spacial score (nSPS) is 12.2. The lowest BCUT2D eigenvalue weighted by molar-refractivity contribution is 0.121. The van der Waals surface area contributed by atoms with Crippen LogP contribution in [-0.4, -0.2) is 36.8 Å². The molecule has 0 saturated carbocycles. The maximum Gasteiger partial charge on any atom is 0.0775 e. The van der Waals surface area contributed by atoms with Gasteiger partial charge in [-0.25, -0.2) is 0 Å². The molecule has 0 bridgehead atoms. The number of likely N-dealkylation sites (N-methyl/N-ethyl adjacent to an activating group) is 1. The van der Waals surface area contributed by atoms with Gasteiger partial charge in [-0.1, -0.05) is 60.7 Å². The Morgan fingerprint density at radius 1 is 0.850 bits per heavy atom. The van der Waals surface area contributed by atoms with Crippen molar-refractivity contribution in [3.63, 3.8) is 0 Å². The summed E-state index contributed by atoms with van der Waals surface area (Å²) < 4.78 is 0. The van der Waals surface area contributed by atoms with E-state index in [1.807, 2.05) is 55.4 Å². The Kier molecular flexibility index (Phi) is 6.93. The molecule has 1 atom stereocenters. The van der Waals surface area contributed by atoms with Gasteiger partial charge in [0.2, 0.25) is 0 Å². The van der Waals surface area contributed by atoms with Crippen LogP contribution in [0, 0.1) is 0 Å². The highest BCUT2D eigenvalue weighted by atomic mass is 79.9. The van der Waals surface area contributed by atoms with Crippen LogP contribution in [0.3, 0.4) is 0 Å². The second kappa shape index (κ2) is 8.20. The lowest BCUT2D eigenvalue weighted by Gasteiger charge is -2.26. The number of benzene rings is 2. The molecular weight excluding hydrogens is 314 g/mol. The molecule has 0 saturated heterocycles. The second-order valence-corrected chi connectivity index (χ2v) is 5.13. The number of aliphatic hydroxyl groups is 1. The number of halogens is 1. The van der Waals surface area contributed by atoms with E-state index in [0.29, 0.717) is 6.54 Å². The minimum atomic E-state index is -0.417. The molecule has 0 fully saturated rings. The SMILES string of the molecule is Br.CN(C)CC(O)C(c1ccccc1)c1ccccc1. The van der Waals surface area contributed by atoms with Crippen LogP contribution in [0.2, 0.25) is 0 Å². The molecular formula is C17H22BrNO. The molecule has 0 heterocycles. The third-order valence-corrected chi connectivity index (χ3v) is 3.25. The lowest BCUT2D eigenvalue weighted by Crippen LogP contribution is -2.31. The molecule has 1 N–H and O–H groups in total. The van der Waals surface area contributed by atoms with Gasteiger partial charge in [-0.05, 0) is 25.2 Å². The summed E-state index contributed by atoms with van der Waals surface area (Å²) >= 11 is 0. The van der Waals surface area contributed by atoms with E-state index in [-0.39, 0.29) is 22.9 Å². The van der Waals surface area contributed by atoms with Crippen LogP contribution in [0.4, 0.5) is 0 Å². The summed E-state index contributed by atoms with van der Waals surface area (Å²) in [6.45, 7) is 0.647. The van der Waals surface area contributed by atoms with E-state index in [0.717, 1.165) is 11.1 Å². The highest BCUT2D eigenvalue weighted by Crippen LogP contribution is 2.28. The minimum Gasteiger partial charge on any atom is -0.391 e. The number of hydrogen-bond acceptors (Lipinski definition) is 2. The van der Waals surface area contributed by atoms with Crippen molar-refractivity contribution in [3.05, 3.63) is 71.8 Å². The topological polar surface area (TPSA) is 23.5 Å². The van der Waals surface area contributed by atoms with E-state index in [9.17, 15) is 5.11 Å². The molecule has 2 aromatic rings. The first-order valence-corrected chi connectivity index (χ1v) is 6.61. The number of nitrogens with zero attached hydrogens (tertiary/aromatic N) is 1. The summed E-state index contributed by atoms with van der Waals surface area (Å²) in [5, 5.41) is 10.5. The summed E-state index contributed by atoms with van der Waals surface area (Å²) in [5.74, 6) is 0.0183. The van der Waals surface area contributed by atoms with Gasteiger partial charge in [0.1, 0.15) is 0 Å². The highest BCUT2D eigenvalue weighted by Gasteiger charge is 2.23. The molecule has 0 aliphatic heterocycles. The molecule has 108 valence electrons. The van der Waals surface area contributed by atoms with Gasteiger partial charge in [0, 0.05) is 12.5 Å².